The lowest BCUT2D eigenvalue weighted by Crippen LogP contribution is -2.41. The van der Waals surface area contributed by atoms with E-state index >= 15 is 0 Å². The van der Waals surface area contributed by atoms with Gasteiger partial charge in [0.2, 0.25) is 0 Å². The van der Waals surface area contributed by atoms with E-state index in [1.54, 1.807) is 18.2 Å². The van der Waals surface area contributed by atoms with Crippen LogP contribution in [-0.2, 0) is 4.74 Å². The third-order valence-corrected chi connectivity index (χ3v) is 4.86. The molecule has 0 radical (unpaired) electrons. The first-order chi connectivity index (χ1) is 11.5. The van der Waals surface area contributed by atoms with Crippen molar-refractivity contribution in [3.8, 4) is 0 Å². The Morgan fingerprint density at radius 2 is 1.96 bits per heavy atom. The SMILES string of the molecule is O=C(NCCN1CCOCC1)c1cc2cc(Br)cc(Br)c2oc1=O. The molecule has 1 aromatic heterocycles. The Morgan fingerprint density at radius 1 is 1.21 bits per heavy atom. The maximum atomic E-state index is 12.3. The number of ether oxygens (including phenoxy) is 1. The summed E-state index contributed by atoms with van der Waals surface area (Å²) in [5, 5.41) is 3.45. The molecule has 24 heavy (non-hydrogen) atoms. The van der Waals surface area contributed by atoms with E-state index in [4.69, 9.17) is 9.15 Å². The number of nitrogens with one attached hydrogen (secondary N) is 1. The Kier molecular flexibility index (Phi) is 5.70. The molecule has 0 bridgehead atoms. The second-order valence-electron chi connectivity index (χ2n) is 5.46. The summed E-state index contributed by atoms with van der Waals surface area (Å²) in [7, 11) is 0. The van der Waals surface area contributed by atoms with E-state index in [2.05, 4.69) is 42.1 Å². The average molecular weight is 460 g/mol. The number of hydrogen-bond acceptors (Lipinski definition) is 5. The van der Waals surface area contributed by atoms with Crippen LogP contribution in [0.25, 0.3) is 11.0 Å². The first-order valence-electron chi connectivity index (χ1n) is 7.56. The molecule has 0 aliphatic carbocycles. The van der Waals surface area contributed by atoms with Gasteiger partial charge in [0, 0.05) is 36.0 Å². The van der Waals surface area contributed by atoms with Gasteiger partial charge in [-0.05, 0) is 34.1 Å². The van der Waals surface area contributed by atoms with Crippen LogP contribution in [0, 0.1) is 0 Å². The molecule has 0 atom stereocenters. The summed E-state index contributed by atoms with van der Waals surface area (Å²) < 4.78 is 12.1. The molecule has 8 heteroatoms. The van der Waals surface area contributed by atoms with Crippen molar-refractivity contribution in [3.05, 3.63) is 43.1 Å². The number of carbonyl (C=O) groups is 1. The van der Waals surface area contributed by atoms with Gasteiger partial charge in [0.25, 0.3) is 5.91 Å². The quantitative estimate of drug-likeness (QED) is 0.710. The monoisotopic (exact) mass is 458 g/mol. The zero-order chi connectivity index (χ0) is 17.1. The van der Waals surface area contributed by atoms with E-state index in [1.807, 2.05) is 0 Å². The van der Waals surface area contributed by atoms with Crippen molar-refractivity contribution in [1.29, 1.82) is 0 Å². The second-order valence-corrected chi connectivity index (χ2v) is 7.23. The Labute approximate surface area is 155 Å². The van der Waals surface area contributed by atoms with Crippen molar-refractivity contribution in [1.82, 2.24) is 10.2 Å². The molecule has 2 heterocycles. The standard InChI is InChI=1S/C16H16Br2N2O4/c17-11-7-10-8-12(16(22)24-14(10)13(18)9-11)15(21)19-1-2-20-3-5-23-6-4-20/h7-9H,1-6H2,(H,19,21). The fourth-order valence-corrected chi connectivity index (χ4v) is 3.90. The Bertz CT molecular complexity index is 816. The number of rotatable bonds is 4. The number of halogens is 2. The van der Waals surface area contributed by atoms with Gasteiger partial charge in [-0.3, -0.25) is 9.69 Å². The predicted molar refractivity (Wildman–Crippen MR) is 97.5 cm³/mol. The molecular weight excluding hydrogens is 444 g/mol. The zero-order valence-electron chi connectivity index (χ0n) is 12.8. The van der Waals surface area contributed by atoms with Crippen LogP contribution in [0.5, 0.6) is 0 Å². The highest BCUT2D eigenvalue weighted by atomic mass is 79.9. The van der Waals surface area contributed by atoms with Gasteiger partial charge in [-0.2, -0.15) is 0 Å². The molecule has 1 fully saturated rings. The van der Waals surface area contributed by atoms with Crippen LogP contribution in [-0.4, -0.2) is 50.2 Å². The number of morpholine rings is 1. The van der Waals surface area contributed by atoms with Gasteiger partial charge in [0.15, 0.2) is 5.58 Å². The van der Waals surface area contributed by atoms with E-state index in [9.17, 15) is 9.59 Å². The van der Waals surface area contributed by atoms with Gasteiger partial charge < -0.3 is 14.5 Å². The van der Waals surface area contributed by atoms with E-state index < -0.39 is 11.5 Å². The lowest BCUT2D eigenvalue weighted by molar-refractivity contribution is 0.0383. The summed E-state index contributed by atoms with van der Waals surface area (Å²) in [6.45, 7) is 4.34. The molecule has 1 amide bonds. The fraction of sp³-hybridized carbons (Fsp3) is 0.375. The van der Waals surface area contributed by atoms with Gasteiger partial charge >= 0.3 is 5.63 Å². The number of fused-ring (bicyclic) bond motifs is 1. The lowest BCUT2D eigenvalue weighted by atomic mass is 10.2. The van der Waals surface area contributed by atoms with Crippen molar-refractivity contribution < 1.29 is 13.9 Å². The Morgan fingerprint density at radius 3 is 2.71 bits per heavy atom. The predicted octanol–water partition coefficient (Wildman–Crippen LogP) is 2.38. The van der Waals surface area contributed by atoms with Gasteiger partial charge in [0.05, 0.1) is 17.7 Å². The van der Waals surface area contributed by atoms with Gasteiger partial charge in [-0.25, -0.2) is 4.79 Å². The third-order valence-electron chi connectivity index (χ3n) is 3.81. The summed E-state index contributed by atoms with van der Waals surface area (Å²) in [5.41, 5.74) is -0.211. The highest BCUT2D eigenvalue weighted by Crippen LogP contribution is 2.27. The van der Waals surface area contributed by atoms with Crippen molar-refractivity contribution in [2.24, 2.45) is 0 Å². The summed E-state index contributed by atoms with van der Waals surface area (Å²) >= 11 is 6.73. The highest BCUT2D eigenvalue weighted by Gasteiger charge is 2.16. The largest absolute Gasteiger partial charge is 0.421 e. The molecule has 0 unspecified atom stereocenters. The number of amides is 1. The first kappa shape index (κ1) is 17.6. The molecule has 0 saturated carbocycles. The first-order valence-corrected chi connectivity index (χ1v) is 9.14. The average Bonchev–Trinajstić information content (AvgIpc) is 2.56. The number of carbonyl (C=O) groups excluding carboxylic acids is 1. The minimum absolute atomic E-state index is 0.00878. The minimum atomic E-state index is -0.644. The van der Waals surface area contributed by atoms with Crippen LogP contribution in [0.15, 0.2) is 36.4 Å². The van der Waals surface area contributed by atoms with E-state index in [0.717, 1.165) is 24.1 Å². The smallest absolute Gasteiger partial charge is 0.349 e. The molecule has 1 saturated heterocycles. The second kappa shape index (κ2) is 7.77. The number of benzene rings is 1. The van der Waals surface area contributed by atoms with Gasteiger partial charge in [-0.1, -0.05) is 15.9 Å². The molecule has 128 valence electrons. The molecule has 3 rings (SSSR count). The van der Waals surface area contributed by atoms with Crippen molar-refractivity contribution in [2.75, 3.05) is 39.4 Å². The molecule has 2 aromatic rings. The van der Waals surface area contributed by atoms with Gasteiger partial charge in [0.1, 0.15) is 5.56 Å². The van der Waals surface area contributed by atoms with Gasteiger partial charge in [-0.15, -0.1) is 0 Å². The number of hydrogen-bond donors (Lipinski definition) is 1. The molecular formula is C16H16Br2N2O4. The normalized spacial score (nSPS) is 15.6. The minimum Gasteiger partial charge on any atom is -0.421 e. The fourth-order valence-electron chi connectivity index (χ4n) is 2.56. The van der Waals surface area contributed by atoms with Crippen molar-refractivity contribution in [2.45, 2.75) is 0 Å². The van der Waals surface area contributed by atoms with E-state index in [1.165, 1.54) is 0 Å². The zero-order valence-corrected chi connectivity index (χ0v) is 16.0. The van der Waals surface area contributed by atoms with Crippen LogP contribution < -0.4 is 10.9 Å². The molecule has 1 N–H and O–H groups in total. The lowest BCUT2D eigenvalue weighted by Gasteiger charge is -2.26. The Hall–Kier alpha value is -1.22. The van der Waals surface area contributed by atoms with Crippen LogP contribution >= 0.6 is 31.9 Å². The molecule has 1 aliphatic heterocycles. The van der Waals surface area contributed by atoms with Crippen molar-refractivity contribution >= 4 is 48.7 Å². The Balaban J connectivity index is 1.72. The van der Waals surface area contributed by atoms with Crippen LogP contribution in [0.1, 0.15) is 10.4 Å². The summed E-state index contributed by atoms with van der Waals surface area (Å²) in [5.74, 6) is -0.421. The van der Waals surface area contributed by atoms with Crippen LogP contribution in [0.4, 0.5) is 0 Å². The third kappa shape index (κ3) is 4.05. The van der Waals surface area contributed by atoms with Crippen molar-refractivity contribution in [3.63, 3.8) is 0 Å². The summed E-state index contributed by atoms with van der Waals surface area (Å²) in [4.78, 5) is 26.6. The molecule has 1 aliphatic rings. The molecule has 0 spiro atoms. The topological polar surface area (TPSA) is 71.8 Å². The van der Waals surface area contributed by atoms with E-state index in [-0.39, 0.29) is 5.56 Å². The summed E-state index contributed by atoms with van der Waals surface area (Å²) in [6.07, 6.45) is 0. The highest BCUT2D eigenvalue weighted by molar-refractivity contribution is 9.11. The maximum absolute atomic E-state index is 12.3. The summed E-state index contributed by atoms with van der Waals surface area (Å²) in [6, 6.07) is 5.14. The molecule has 1 aromatic carbocycles. The van der Waals surface area contributed by atoms with Crippen LogP contribution in [0.3, 0.4) is 0 Å². The van der Waals surface area contributed by atoms with E-state index in [0.29, 0.717) is 35.2 Å². The van der Waals surface area contributed by atoms with Crippen LogP contribution in [0.2, 0.25) is 0 Å². The molecule has 6 nitrogen and oxygen atoms in total. The maximum Gasteiger partial charge on any atom is 0.349 e. The number of nitrogens with zero attached hydrogens (tertiary/aromatic N) is 1.